The topological polar surface area (TPSA) is 71.3 Å². The summed E-state index contributed by atoms with van der Waals surface area (Å²) in [5, 5.41) is 12.7. The molecule has 0 atom stereocenters. The van der Waals surface area contributed by atoms with Gasteiger partial charge in [0.15, 0.2) is 5.78 Å². The molecule has 0 unspecified atom stereocenters. The van der Waals surface area contributed by atoms with E-state index in [0.29, 0.717) is 11.4 Å². The number of para-hydroxylation sites is 1. The van der Waals surface area contributed by atoms with Crippen molar-refractivity contribution in [2.45, 2.75) is 6.42 Å². The number of hydrogen-bond acceptors (Lipinski definition) is 3. The van der Waals surface area contributed by atoms with Gasteiger partial charge in [0.25, 0.3) is 0 Å². The number of Topliss-reactive ketones (excluding diaryl/α,β-unsaturated/α-hetero) is 1. The number of carbonyl (C=O) groups is 2. The second-order valence-electron chi connectivity index (χ2n) is 5.66. The van der Waals surface area contributed by atoms with Gasteiger partial charge in [0.1, 0.15) is 11.4 Å². The highest BCUT2D eigenvalue weighted by atomic mass is 16.3. The second kappa shape index (κ2) is 5.38. The van der Waals surface area contributed by atoms with Crippen LogP contribution in [0.25, 0.3) is 16.8 Å². The Hall–Kier alpha value is -3.34. The van der Waals surface area contributed by atoms with Crippen molar-refractivity contribution >= 4 is 17.4 Å². The van der Waals surface area contributed by atoms with Crippen molar-refractivity contribution in [1.29, 1.82) is 0 Å². The summed E-state index contributed by atoms with van der Waals surface area (Å²) < 4.78 is 1.77. The van der Waals surface area contributed by atoms with Crippen LogP contribution in [0.15, 0.2) is 60.8 Å². The molecule has 2 heterocycles. The van der Waals surface area contributed by atoms with E-state index < -0.39 is 0 Å². The highest BCUT2D eigenvalue weighted by Gasteiger charge is 2.26. The standard InChI is InChI=1S/C19H14N2O3/c22-16-4-2-1-3-14(16)12-5-7-13(8-6-12)21-10-9-15-19(21)17(23)11-18(24)20-15/h1-10,22H,11H2,(H,20,24). The SMILES string of the molecule is O=C1CC(=O)c2c(ccn2-c2ccc(-c3ccccc3O)cc2)N1. The average Bonchev–Trinajstić information content (AvgIpc) is 2.99. The van der Waals surface area contributed by atoms with Crippen molar-refractivity contribution in [2.75, 3.05) is 5.32 Å². The van der Waals surface area contributed by atoms with Crippen LogP contribution in [-0.2, 0) is 4.79 Å². The molecule has 118 valence electrons. The number of hydrogen-bond donors (Lipinski definition) is 2. The lowest BCUT2D eigenvalue weighted by molar-refractivity contribution is -0.115. The molecule has 0 spiro atoms. The van der Waals surface area contributed by atoms with Gasteiger partial charge in [-0.25, -0.2) is 0 Å². The number of nitrogens with one attached hydrogen (secondary N) is 1. The molecule has 2 N–H and O–H groups in total. The molecule has 0 fully saturated rings. The first-order valence-corrected chi connectivity index (χ1v) is 7.57. The van der Waals surface area contributed by atoms with Gasteiger partial charge < -0.3 is 15.0 Å². The maximum absolute atomic E-state index is 12.2. The van der Waals surface area contributed by atoms with E-state index in [1.807, 2.05) is 36.4 Å². The van der Waals surface area contributed by atoms with Crippen LogP contribution in [0, 0.1) is 0 Å². The molecule has 3 aromatic rings. The summed E-state index contributed by atoms with van der Waals surface area (Å²) in [5.41, 5.74) is 3.49. The molecule has 2 aromatic carbocycles. The Morgan fingerprint density at radius 2 is 1.71 bits per heavy atom. The van der Waals surface area contributed by atoms with E-state index >= 15 is 0 Å². The number of amides is 1. The largest absolute Gasteiger partial charge is 0.507 e. The van der Waals surface area contributed by atoms with Crippen molar-refractivity contribution in [3.8, 4) is 22.6 Å². The Labute approximate surface area is 138 Å². The van der Waals surface area contributed by atoms with Crippen LogP contribution < -0.4 is 5.32 Å². The highest BCUT2D eigenvalue weighted by Crippen LogP contribution is 2.31. The summed E-state index contributed by atoms with van der Waals surface area (Å²) in [6, 6.07) is 16.4. The van der Waals surface area contributed by atoms with E-state index in [1.165, 1.54) is 0 Å². The maximum Gasteiger partial charge on any atom is 0.232 e. The monoisotopic (exact) mass is 318 g/mol. The molecule has 0 radical (unpaired) electrons. The number of phenols is 1. The normalized spacial score (nSPS) is 13.5. The lowest BCUT2D eigenvalue weighted by Crippen LogP contribution is -2.25. The molecule has 5 nitrogen and oxygen atoms in total. The number of benzene rings is 2. The summed E-state index contributed by atoms with van der Waals surface area (Å²) in [5.74, 6) is -0.245. The fourth-order valence-electron chi connectivity index (χ4n) is 2.98. The number of carbonyl (C=O) groups excluding carboxylic acids is 2. The minimum absolute atomic E-state index is 0.132. The van der Waals surface area contributed by atoms with Crippen LogP contribution in [0.5, 0.6) is 5.75 Å². The maximum atomic E-state index is 12.2. The van der Waals surface area contributed by atoms with Gasteiger partial charge in [-0.3, -0.25) is 9.59 Å². The number of aromatic nitrogens is 1. The molecule has 1 aliphatic heterocycles. The van der Waals surface area contributed by atoms with E-state index in [4.69, 9.17) is 0 Å². The molecular weight excluding hydrogens is 304 g/mol. The first kappa shape index (κ1) is 14.3. The van der Waals surface area contributed by atoms with E-state index in [9.17, 15) is 14.7 Å². The van der Waals surface area contributed by atoms with Gasteiger partial charge in [-0.05, 0) is 29.8 Å². The minimum atomic E-state index is -0.278. The van der Waals surface area contributed by atoms with Crippen LogP contribution in [0.2, 0.25) is 0 Å². The van der Waals surface area contributed by atoms with Crippen LogP contribution in [0.1, 0.15) is 16.9 Å². The summed E-state index contributed by atoms with van der Waals surface area (Å²) >= 11 is 0. The first-order chi connectivity index (χ1) is 11.6. The Bertz CT molecular complexity index is 955. The summed E-state index contributed by atoms with van der Waals surface area (Å²) in [4.78, 5) is 23.6. The van der Waals surface area contributed by atoms with E-state index in [2.05, 4.69) is 5.32 Å². The summed E-state index contributed by atoms with van der Waals surface area (Å²) in [6.45, 7) is 0. The van der Waals surface area contributed by atoms with E-state index in [-0.39, 0.29) is 23.9 Å². The predicted molar refractivity (Wildman–Crippen MR) is 90.4 cm³/mol. The van der Waals surface area contributed by atoms with Gasteiger partial charge >= 0.3 is 0 Å². The molecule has 1 aromatic heterocycles. The van der Waals surface area contributed by atoms with Gasteiger partial charge in [0, 0.05) is 17.4 Å². The van der Waals surface area contributed by atoms with Crippen LogP contribution >= 0.6 is 0 Å². The van der Waals surface area contributed by atoms with Gasteiger partial charge in [0.05, 0.1) is 12.1 Å². The fourth-order valence-corrected chi connectivity index (χ4v) is 2.98. The van der Waals surface area contributed by atoms with Crippen molar-refractivity contribution in [2.24, 2.45) is 0 Å². The average molecular weight is 318 g/mol. The molecular formula is C19H14N2O3. The number of ketones is 1. The number of fused-ring (bicyclic) bond motifs is 1. The van der Waals surface area contributed by atoms with Crippen molar-refractivity contribution in [3.05, 3.63) is 66.5 Å². The number of phenolic OH excluding ortho intramolecular Hbond substituents is 1. The van der Waals surface area contributed by atoms with E-state index in [0.717, 1.165) is 16.8 Å². The summed E-state index contributed by atoms with van der Waals surface area (Å²) in [6.07, 6.45) is 1.64. The van der Waals surface area contributed by atoms with Crippen molar-refractivity contribution in [3.63, 3.8) is 0 Å². The molecule has 1 aliphatic rings. The van der Waals surface area contributed by atoms with Crippen molar-refractivity contribution < 1.29 is 14.7 Å². The Morgan fingerprint density at radius 1 is 0.958 bits per heavy atom. The molecule has 5 heteroatoms. The summed E-state index contributed by atoms with van der Waals surface area (Å²) in [7, 11) is 0. The van der Waals surface area contributed by atoms with Gasteiger partial charge in [-0.15, -0.1) is 0 Å². The first-order valence-electron chi connectivity index (χ1n) is 7.57. The van der Waals surface area contributed by atoms with Crippen LogP contribution in [0.4, 0.5) is 5.69 Å². The zero-order valence-corrected chi connectivity index (χ0v) is 12.7. The zero-order valence-electron chi connectivity index (χ0n) is 12.7. The van der Waals surface area contributed by atoms with E-state index in [1.54, 1.807) is 29.0 Å². The number of nitrogens with zero attached hydrogens (tertiary/aromatic N) is 1. The molecule has 1 amide bonds. The second-order valence-corrected chi connectivity index (χ2v) is 5.66. The number of anilines is 1. The van der Waals surface area contributed by atoms with Crippen molar-refractivity contribution in [1.82, 2.24) is 4.57 Å². The third kappa shape index (κ3) is 2.27. The predicted octanol–water partition coefficient (Wildman–Crippen LogP) is 3.37. The Balaban J connectivity index is 1.74. The number of aromatic hydroxyl groups is 1. The molecule has 0 aliphatic carbocycles. The Kier molecular flexibility index (Phi) is 3.20. The van der Waals surface area contributed by atoms with Gasteiger partial charge in [-0.1, -0.05) is 30.3 Å². The fraction of sp³-hybridized carbons (Fsp3) is 0.0526. The number of rotatable bonds is 2. The van der Waals surface area contributed by atoms with Crippen LogP contribution in [-0.4, -0.2) is 21.4 Å². The molecule has 24 heavy (non-hydrogen) atoms. The molecule has 4 rings (SSSR count). The molecule has 0 saturated carbocycles. The zero-order chi connectivity index (χ0) is 16.7. The lowest BCUT2D eigenvalue weighted by Gasteiger charge is -2.15. The lowest BCUT2D eigenvalue weighted by atomic mass is 10.0. The third-order valence-corrected chi connectivity index (χ3v) is 4.11. The molecule has 0 bridgehead atoms. The van der Waals surface area contributed by atoms with Gasteiger partial charge in [-0.2, -0.15) is 0 Å². The minimum Gasteiger partial charge on any atom is -0.507 e. The third-order valence-electron chi connectivity index (χ3n) is 4.11. The smallest absolute Gasteiger partial charge is 0.232 e. The quantitative estimate of drug-likeness (QED) is 0.712. The molecule has 0 saturated heterocycles. The Morgan fingerprint density at radius 3 is 2.46 bits per heavy atom. The highest BCUT2D eigenvalue weighted by molar-refractivity contribution is 6.18. The van der Waals surface area contributed by atoms with Gasteiger partial charge in [0.2, 0.25) is 5.91 Å². The van der Waals surface area contributed by atoms with Crippen LogP contribution in [0.3, 0.4) is 0 Å².